The Morgan fingerprint density at radius 2 is 2.21 bits per heavy atom. The molecular formula is C17H24N2O5. The number of amides is 1. The molecule has 0 aliphatic carbocycles. The fraction of sp³-hybridized carbons (Fsp3) is 0.706. The number of carboxylic acid groups (broad SMARTS) is 1. The van der Waals surface area contributed by atoms with Crippen LogP contribution < -0.4 is 0 Å². The molecule has 1 unspecified atom stereocenters. The molecule has 2 aliphatic heterocycles. The number of aliphatic carboxylic acids is 1. The summed E-state index contributed by atoms with van der Waals surface area (Å²) >= 11 is 0. The summed E-state index contributed by atoms with van der Waals surface area (Å²) in [6.07, 6.45) is 0.794. The Hall–Kier alpha value is -1.89. The van der Waals surface area contributed by atoms with Gasteiger partial charge in [-0.2, -0.15) is 0 Å². The highest BCUT2D eigenvalue weighted by Crippen LogP contribution is 2.43. The summed E-state index contributed by atoms with van der Waals surface area (Å²) in [5.41, 5.74) is 0.926. The zero-order valence-electron chi connectivity index (χ0n) is 14.4. The summed E-state index contributed by atoms with van der Waals surface area (Å²) in [5, 5.41) is 13.6. The van der Waals surface area contributed by atoms with Gasteiger partial charge in [0.15, 0.2) is 0 Å². The van der Waals surface area contributed by atoms with Gasteiger partial charge in [-0.05, 0) is 26.2 Å². The van der Waals surface area contributed by atoms with Crippen LogP contribution in [0.4, 0.5) is 0 Å². The van der Waals surface area contributed by atoms with Crippen molar-refractivity contribution in [2.24, 2.45) is 11.3 Å². The smallest absolute Gasteiger partial charge is 0.311 e. The number of rotatable bonds is 4. The molecule has 3 atom stereocenters. The normalized spacial score (nSPS) is 27.8. The Morgan fingerprint density at radius 1 is 1.46 bits per heavy atom. The number of hydrogen-bond acceptors (Lipinski definition) is 5. The molecule has 24 heavy (non-hydrogen) atoms. The minimum atomic E-state index is -0.847. The molecule has 3 rings (SSSR count). The van der Waals surface area contributed by atoms with Crippen molar-refractivity contribution in [2.45, 2.75) is 39.5 Å². The first-order chi connectivity index (χ1) is 11.3. The molecule has 0 bridgehead atoms. The number of ether oxygens (including phenoxy) is 1. The summed E-state index contributed by atoms with van der Waals surface area (Å²) in [5.74, 6) is -0.230. The van der Waals surface area contributed by atoms with E-state index in [4.69, 9.17) is 9.26 Å². The number of aryl methyl sites for hydroxylation is 2. The highest BCUT2D eigenvalue weighted by atomic mass is 16.5. The molecule has 2 fully saturated rings. The van der Waals surface area contributed by atoms with E-state index < -0.39 is 11.4 Å². The first kappa shape index (κ1) is 17.0. The Kier molecular flexibility index (Phi) is 4.38. The SMILES string of the molecule is Cc1noc(C)c1C(C)CC(=O)N1C[C@H]2COCC[C@@]2(C(=O)O)C1. The monoisotopic (exact) mass is 336 g/mol. The Morgan fingerprint density at radius 3 is 2.79 bits per heavy atom. The summed E-state index contributed by atoms with van der Waals surface area (Å²) in [4.78, 5) is 26.2. The Labute approximate surface area is 140 Å². The molecule has 0 radical (unpaired) electrons. The van der Waals surface area contributed by atoms with Crippen LogP contribution in [-0.4, -0.2) is 53.3 Å². The highest BCUT2D eigenvalue weighted by molar-refractivity contribution is 5.81. The summed E-state index contributed by atoms with van der Waals surface area (Å²) in [6, 6.07) is 0. The molecule has 1 amide bonds. The fourth-order valence-electron chi connectivity index (χ4n) is 4.18. The quantitative estimate of drug-likeness (QED) is 0.900. The minimum absolute atomic E-state index is 0.0107. The van der Waals surface area contributed by atoms with Crippen LogP contribution in [0.2, 0.25) is 0 Å². The Bertz CT molecular complexity index is 636. The van der Waals surface area contributed by atoms with Crippen LogP contribution in [0.1, 0.15) is 42.7 Å². The van der Waals surface area contributed by atoms with E-state index in [-0.39, 0.29) is 24.3 Å². The van der Waals surface area contributed by atoms with Crippen LogP contribution in [-0.2, 0) is 14.3 Å². The van der Waals surface area contributed by atoms with E-state index in [2.05, 4.69) is 5.16 Å². The highest BCUT2D eigenvalue weighted by Gasteiger charge is 2.54. The van der Waals surface area contributed by atoms with Crippen molar-refractivity contribution in [2.75, 3.05) is 26.3 Å². The molecule has 0 aromatic carbocycles. The number of likely N-dealkylation sites (tertiary alicyclic amines) is 1. The van der Waals surface area contributed by atoms with Crippen LogP contribution >= 0.6 is 0 Å². The van der Waals surface area contributed by atoms with Crippen LogP contribution in [0.5, 0.6) is 0 Å². The van der Waals surface area contributed by atoms with Gasteiger partial charge in [0.25, 0.3) is 0 Å². The van der Waals surface area contributed by atoms with E-state index in [1.807, 2.05) is 20.8 Å². The number of fused-ring (bicyclic) bond motifs is 1. The third-order valence-corrected chi connectivity index (χ3v) is 5.55. The summed E-state index contributed by atoms with van der Waals surface area (Å²) in [6.45, 7) is 7.29. The van der Waals surface area contributed by atoms with Gasteiger partial charge in [-0.15, -0.1) is 0 Å². The molecule has 2 aliphatic rings. The summed E-state index contributed by atoms with van der Waals surface area (Å²) in [7, 11) is 0. The average molecular weight is 336 g/mol. The van der Waals surface area contributed by atoms with Crippen LogP contribution in [0, 0.1) is 25.2 Å². The molecule has 1 aromatic heterocycles. The maximum Gasteiger partial charge on any atom is 0.311 e. The molecule has 3 heterocycles. The van der Waals surface area contributed by atoms with E-state index in [1.165, 1.54) is 0 Å². The molecular weight excluding hydrogens is 312 g/mol. The van der Waals surface area contributed by atoms with Crippen molar-refractivity contribution in [3.63, 3.8) is 0 Å². The predicted octanol–water partition coefficient (Wildman–Crippen LogP) is 1.73. The molecule has 0 spiro atoms. The second-order valence-electron chi connectivity index (χ2n) is 7.10. The molecule has 2 saturated heterocycles. The third kappa shape index (κ3) is 2.70. The molecule has 7 nitrogen and oxygen atoms in total. The third-order valence-electron chi connectivity index (χ3n) is 5.55. The van der Waals surface area contributed by atoms with Crippen molar-refractivity contribution < 1.29 is 24.0 Å². The average Bonchev–Trinajstić information content (AvgIpc) is 3.08. The van der Waals surface area contributed by atoms with Crippen molar-refractivity contribution in [3.8, 4) is 0 Å². The molecule has 1 N–H and O–H groups in total. The number of carbonyl (C=O) groups is 2. The first-order valence-corrected chi connectivity index (χ1v) is 8.37. The lowest BCUT2D eigenvalue weighted by molar-refractivity contribution is -0.157. The Balaban J connectivity index is 1.71. The van der Waals surface area contributed by atoms with Gasteiger partial charge in [0.2, 0.25) is 5.91 Å². The topological polar surface area (TPSA) is 92.9 Å². The second-order valence-corrected chi connectivity index (χ2v) is 7.10. The van der Waals surface area contributed by atoms with E-state index in [0.717, 1.165) is 17.0 Å². The summed E-state index contributed by atoms with van der Waals surface area (Å²) < 4.78 is 10.6. The zero-order valence-corrected chi connectivity index (χ0v) is 14.4. The van der Waals surface area contributed by atoms with Gasteiger partial charge in [-0.1, -0.05) is 12.1 Å². The second kappa shape index (κ2) is 6.20. The van der Waals surface area contributed by atoms with Gasteiger partial charge in [-0.3, -0.25) is 9.59 Å². The standard InChI is InChI=1S/C17H24N2O5/c1-10(15-11(2)18-24-12(15)3)6-14(20)19-7-13-8-23-5-4-17(13,9-19)16(21)22/h10,13H,4-9H2,1-3H3,(H,21,22)/t10?,13-,17+/m0/s1. The minimum Gasteiger partial charge on any atom is -0.481 e. The maximum absolute atomic E-state index is 12.7. The van der Waals surface area contributed by atoms with Gasteiger partial charge in [0.1, 0.15) is 5.76 Å². The van der Waals surface area contributed by atoms with Crippen molar-refractivity contribution >= 4 is 11.9 Å². The lowest BCUT2D eigenvalue weighted by Crippen LogP contribution is -2.45. The van der Waals surface area contributed by atoms with Gasteiger partial charge < -0.3 is 19.3 Å². The van der Waals surface area contributed by atoms with E-state index in [0.29, 0.717) is 32.6 Å². The van der Waals surface area contributed by atoms with Crippen LogP contribution in [0.25, 0.3) is 0 Å². The fourth-order valence-corrected chi connectivity index (χ4v) is 4.18. The lowest BCUT2D eigenvalue weighted by atomic mass is 9.74. The van der Waals surface area contributed by atoms with Crippen molar-refractivity contribution in [1.82, 2.24) is 10.1 Å². The molecule has 7 heteroatoms. The van der Waals surface area contributed by atoms with E-state index in [1.54, 1.807) is 4.90 Å². The van der Waals surface area contributed by atoms with Gasteiger partial charge in [0, 0.05) is 37.6 Å². The van der Waals surface area contributed by atoms with Crippen LogP contribution in [0.3, 0.4) is 0 Å². The van der Waals surface area contributed by atoms with Gasteiger partial charge in [-0.25, -0.2) is 0 Å². The zero-order chi connectivity index (χ0) is 17.5. The van der Waals surface area contributed by atoms with Crippen molar-refractivity contribution in [1.29, 1.82) is 0 Å². The largest absolute Gasteiger partial charge is 0.481 e. The molecule has 0 saturated carbocycles. The number of hydrogen-bond donors (Lipinski definition) is 1. The number of carboxylic acids is 1. The molecule has 1 aromatic rings. The number of aromatic nitrogens is 1. The number of carbonyl (C=O) groups excluding carboxylic acids is 1. The predicted molar refractivity (Wildman–Crippen MR) is 84.6 cm³/mol. The first-order valence-electron chi connectivity index (χ1n) is 8.37. The maximum atomic E-state index is 12.7. The van der Waals surface area contributed by atoms with E-state index >= 15 is 0 Å². The van der Waals surface area contributed by atoms with Crippen molar-refractivity contribution in [3.05, 3.63) is 17.0 Å². The molecule has 132 valence electrons. The lowest BCUT2D eigenvalue weighted by Gasteiger charge is -2.33. The number of nitrogens with zero attached hydrogens (tertiary/aromatic N) is 2. The van der Waals surface area contributed by atoms with Gasteiger partial charge in [0.05, 0.1) is 17.7 Å². The van der Waals surface area contributed by atoms with E-state index in [9.17, 15) is 14.7 Å². The van der Waals surface area contributed by atoms with Gasteiger partial charge >= 0.3 is 5.97 Å². The van der Waals surface area contributed by atoms with Crippen LogP contribution in [0.15, 0.2) is 4.52 Å².